The standard InChI is InChI=1S/C18H19N5O3/c19-13(10-26-9-11-4-2-1-3-5-11)16-12(17(24)25)8-15(22-16)14-6-7-21-18(20)23-14/h1-8,13,22H,9-10,19H2,(H,24,25)(H2,20,21,23). The Bertz CT molecular complexity index is 895. The predicted molar refractivity (Wildman–Crippen MR) is 96.2 cm³/mol. The number of nitrogens with zero attached hydrogens (tertiary/aromatic N) is 2. The molecule has 0 bridgehead atoms. The van der Waals surface area contributed by atoms with Crippen molar-refractivity contribution < 1.29 is 14.6 Å². The quantitative estimate of drug-likeness (QED) is 0.509. The molecule has 3 aromatic rings. The Balaban J connectivity index is 1.76. The van der Waals surface area contributed by atoms with Gasteiger partial charge in [-0.1, -0.05) is 30.3 Å². The highest BCUT2D eigenvalue weighted by atomic mass is 16.5. The molecule has 3 rings (SSSR count). The Morgan fingerprint density at radius 2 is 2.04 bits per heavy atom. The number of rotatable bonds is 7. The number of nitrogens with one attached hydrogen (secondary N) is 1. The Labute approximate surface area is 149 Å². The van der Waals surface area contributed by atoms with E-state index >= 15 is 0 Å². The number of carbonyl (C=O) groups is 1. The fourth-order valence-electron chi connectivity index (χ4n) is 2.56. The monoisotopic (exact) mass is 353 g/mol. The molecule has 0 radical (unpaired) electrons. The highest BCUT2D eigenvalue weighted by molar-refractivity contribution is 5.91. The zero-order valence-corrected chi connectivity index (χ0v) is 13.9. The van der Waals surface area contributed by atoms with Gasteiger partial charge in [0.05, 0.1) is 36.2 Å². The largest absolute Gasteiger partial charge is 0.478 e. The molecule has 8 heteroatoms. The van der Waals surface area contributed by atoms with E-state index in [4.69, 9.17) is 16.2 Å². The van der Waals surface area contributed by atoms with Crippen molar-refractivity contribution in [2.45, 2.75) is 12.6 Å². The lowest BCUT2D eigenvalue weighted by Crippen LogP contribution is -2.20. The SMILES string of the molecule is Nc1nccc(-c2cc(C(=O)O)c(C(N)COCc3ccccc3)[nH]2)n1. The normalized spacial score (nSPS) is 12.0. The first-order chi connectivity index (χ1) is 12.5. The van der Waals surface area contributed by atoms with Gasteiger partial charge in [-0.2, -0.15) is 0 Å². The van der Waals surface area contributed by atoms with Crippen LogP contribution in [-0.2, 0) is 11.3 Å². The summed E-state index contributed by atoms with van der Waals surface area (Å²) in [4.78, 5) is 22.5. The van der Waals surface area contributed by atoms with E-state index in [2.05, 4.69) is 15.0 Å². The van der Waals surface area contributed by atoms with Crippen molar-refractivity contribution in [1.82, 2.24) is 15.0 Å². The van der Waals surface area contributed by atoms with E-state index in [-0.39, 0.29) is 18.1 Å². The smallest absolute Gasteiger partial charge is 0.337 e. The Morgan fingerprint density at radius 1 is 1.27 bits per heavy atom. The van der Waals surface area contributed by atoms with Gasteiger partial charge in [0.15, 0.2) is 0 Å². The number of carboxylic acid groups (broad SMARTS) is 1. The second-order valence-corrected chi connectivity index (χ2v) is 5.72. The summed E-state index contributed by atoms with van der Waals surface area (Å²) in [5.74, 6) is -0.978. The molecule has 2 aromatic heterocycles. The molecule has 2 heterocycles. The van der Waals surface area contributed by atoms with Crippen molar-refractivity contribution in [2.75, 3.05) is 12.3 Å². The van der Waals surface area contributed by atoms with Crippen LogP contribution >= 0.6 is 0 Å². The molecule has 0 saturated heterocycles. The molecule has 0 aliphatic heterocycles. The van der Waals surface area contributed by atoms with Crippen LogP contribution in [0.5, 0.6) is 0 Å². The van der Waals surface area contributed by atoms with Crippen LogP contribution in [0.15, 0.2) is 48.7 Å². The highest BCUT2D eigenvalue weighted by Crippen LogP contribution is 2.24. The minimum Gasteiger partial charge on any atom is -0.478 e. The number of nitrogens with two attached hydrogens (primary N) is 2. The van der Waals surface area contributed by atoms with Gasteiger partial charge in [-0.05, 0) is 17.7 Å². The summed E-state index contributed by atoms with van der Waals surface area (Å²) in [5, 5.41) is 9.46. The van der Waals surface area contributed by atoms with Gasteiger partial charge in [0.2, 0.25) is 5.95 Å². The first-order valence-corrected chi connectivity index (χ1v) is 7.97. The van der Waals surface area contributed by atoms with Crippen molar-refractivity contribution in [1.29, 1.82) is 0 Å². The number of nitrogen functional groups attached to an aromatic ring is 1. The minimum atomic E-state index is -1.08. The minimum absolute atomic E-state index is 0.0768. The van der Waals surface area contributed by atoms with E-state index < -0.39 is 12.0 Å². The number of aromatic nitrogens is 3. The second-order valence-electron chi connectivity index (χ2n) is 5.72. The molecule has 8 nitrogen and oxygen atoms in total. The summed E-state index contributed by atoms with van der Waals surface area (Å²) >= 11 is 0. The highest BCUT2D eigenvalue weighted by Gasteiger charge is 2.21. The van der Waals surface area contributed by atoms with Crippen LogP contribution in [0, 0.1) is 0 Å². The van der Waals surface area contributed by atoms with E-state index in [1.807, 2.05) is 30.3 Å². The van der Waals surface area contributed by atoms with E-state index in [1.54, 1.807) is 6.07 Å². The van der Waals surface area contributed by atoms with Gasteiger partial charge in [-0.3, -0.25) is 0 Å². The van der Waals surface area contributed by atoms with E-state index in [0.717, 1.165) is 5.56 Å². The lowest BCUT2D eigenvalue weighted by molar-refractivity contribution is 0.0692. The maximum Gasteiger partial charge on any atom is 0.337 e. The molecule has 0 saturated carbocycles. The number of ether oxygens (including phenoxy) is 1. The summed E-state index contributed by atoms with van der Waals surface area (Å²) in [6.07, 6.45) is 1.50. The van der Waals surface area contributed by atoms with Gasteiger partial charge >= 0.3 is 5.97 Å². The summed E-state index contributed by atoms with van der Waals surface area (Å²) in [6.45, 7) is 0.563. The Morgan fingerprint density at radius 3 is 2.73 bits per heavy atom. The summed E-state index contributed by atoms with van der Waals surface area (Å²) < 4.78 is 5.62. The molecule has 1 unspecified atom stereocenters. The van der Waals surface area contributed by atoms with Gasteiger partial charge < -0.3 is 26.3 Å². The average molecular weight is 353 g/mol. The molecule has 0 aliphatic rings. The zero-order chi connectivity index (χ0) is 18.5. The van der Waals surface area contributed by atoms with Crippen LogP contribution in [-0.4, -0.2) is 32.6 Å². The maximum atomic E-state index is 11.6. The van der Waals surface area contributed by atoms with Crippen molar-refractivity contribution >= 4 is 11.9 Å². The lowest BCUT2D eigenvalue weighted by atomic mass is 10.1. The van der Waals surface area contributed by atoms with Crippen LogP contribution in [0.3, 0.4) is 0 Å². The molecule has 6 N–H and O–H groups in total. The lowest BCUT2D eigenvalue weighted by Gasteiger charge is -2.12. The van der Waals surface area contributed by atoms with Crippen molar-refractivity contribution in [3.8, 4) is 11.4 Å². The zero-order valence-electron chi connectivity index (χ0n) is 13.9. The summed E-state index contributed by atoms with van der Waals surface area (Å²) in [6, 6.07) is 12.1. The third kappa shape index (κ3) is 4.05. The molecule has 0 amide bonds. The predicted octanol–water partition coefficient (Wildman–Crippen LogP) is 1.97. The number of anilines is 1. The molecule has 26 heavy (non-hydrogen) atoms. The van der Waals surface area contributed by atoms with Crippen LogP contribution < -0.4 is 11.5 Å². The van der Waals surface area contributed by atoms with E-state index in [0.29, 0.717) is 23.7 Å². The number of hydrogen-bond donors (Lipinski definition) is 4. The third-order valence-corrected chi connectivity index (χ3v) is 3.81. The molecular formula is C18H19N5O3. The van der Waals surface area contributed by atoms with Crippen molar-refractivity contribution in [3.63, 3.8) is 0 Å². The van der Waals surface area contributed by atoms with Crippen LogP contribution in [0.2, 0.25) is 0 Å². The van der Waals surface area contributed by atoms with Crippen LogP contribution in [0.1, 0.15) is 27.7 Å². The molecule has 0 aliphatic carbocycles. The fraction of sp³-hybridized carbons (Fsp3) is 0.167. The van der Waals surface area contributed by atoms with E-state index in [9.17, 15) is 9.90 Å². The number of carboxylic acids is 1. The molecule has 134 valence electrons. The Kier molecular flexibility index (Phi) is 5.26. The number of H-pyrrole nitrogens is 1. The van der Waals surface area contributed by atoms with Gasteiger partial charge in [0, 0.05) is 11.9 Å². The molecule has 1 atom stereocenters. The van der Waals surface area contributed by atoms with Crippen molar-refractivity contribution in [2.24, 2.45) is 5.73 Å². The Hall–Kier alpha value is -3.23. The summed E-state index contributed by atoms with van der Waals surface area (Å²) in [5.41, 5.74) is 14.2. The van der Waals surface area contributed by atoms with Crippen molar-refractivity contribution in [3.05, 3.63) is 65.5 Å². The van der Waals surface area contributed by atoms with Gasteiger partial charge in [-0.25, -0.2) is 14.8 Å². The molecule has 1 aromatic carbocycles. The molecular weight excluding hydrogens is 334 g/mol. The average Bonchev–Trinajstić information content (AvgIpc) is 3.08. The molecule has 0 fully saturated rings. The van der Waals surface area contributed by atoms with Gasteiger partial charge in [0.25, 0.3) is 0 Å². The van der Waals surface area contributed by atoms with Gasteiger partial charge in [0.1, 0.15) is 0 Å². The van der Waals surface area contributed by atoms with E-state index in [1.165, 1.54) is 12.3 Å². The summed E-state index contributed by atoms with van der Waals surface area (Å²) in [7, 11) is 0. The van der Waals surface area contributed by atoms with Crippen LogP contribution in [0.25, 0.3) is 11.4 Å². The topological polar surface area (TPSA) is 140 Å². The maximum absolute atomic E-state index is 11.6. The number of hydrogen-bond acceptors (Lipinski definition) is 6. The number of aromatic carboxylic acids is 1. The molecule has 0 spiro atoms. The van der Waals surface area contributed by atoms with Gasteiger partial charge in [-0.15, -0.1) is 0 Å². The first kappa shape index (κ1) is 17.6. The number of aromatic amines is 1. The second kappa shape index (κ2) is 7.77. The first-order valence-electron chi connectivity index (χ1n) is 7.97. The fourth-order valence-corrected chi connectivity index (χ4v) is 2.56. The third-order valence-electron chi connectivity index (χ3n) is 3.81. The number of benzene rings is 1. The van der Waals surface area contributed by atoms with Crippen LogP contribution in [0.4, 0.5) is 5.95 Å².